The number of rotatable bonds is 6. The van der Waals surface area contributed by atoms with E-state index in [9.17, 15) is 9.59 Å². The molecule has 132 valence electrons. The lowest BCUT2D eigenvalue weighted by atomic mass is 9.98. The van der Waals surface area contributed by atoms with Gasteiger partial charge in [0.1, 0.15) is 12.2 Å². The Hall–Kier alpha value is -2.08. The minimum atomic E-state index is -0.770. The van der Waals surface area contributed by atoms with Crippen molar-refractivity contribution in [3.8, 4) is 0 Å². The summed E-state index contributed by atoms with van der Waals surface area (Å²) in [6.45, 7) is 5.65. The number of carbonyl (C=O) groups is 2. The standard InChI is InChI=1S/C18H26N2O4/c1-18(2,24-16(21)15-8-10-19-11-9-15)13-20-17(22)23-12-14-6-4-3-5-7-14/h3-7,15,19H,8-13H2,1-2H3,(H,20,22). The second kappa shape index (κ2) is 8.68. The van der Waals surface area contributed by atoms with E-state index in [0.717, 1.165) is 31.5 Å². The molecule has 1 aliphatic heterocycles. The molecule has 1 saturated heterocycles. The smallest absolute Gasteiger partial charge is 0.407 e. The molecular weight excluding hydrogens is 308 g/mol. The van der Waals surface area contributed by atoms with Gasteiger partial charge in [0.05, 0.1) is 12.5 Å². The van der Waals surface area contributed by atoms with Crippen LogP contribution in [-0.2, 0) is 20.9 Å². The van der Waals surface area contributed by atoms with Gasteiger partial charge in [0.2, 0.25) is 0 Å². The quantitative estimate of drug-likeness (QED) is 0.780. The summed E-state index contributed by atoms with van der Waals surface area (Å²) in [7, 11) is 0. The molecule has 0 bridgehead atoms. The fourth-order valence-electron chi connectivity index (χ4n) is 2.51. The average molecular weight is 334 g/mol. The van der Waals surface area contributed by atoms with Crippen molar-refractivity contribution in [3.05, 3.63) is 35.9 Å². The molecular formula is C18H26N2O4. The van der Waals surface area contributed by atoms with E-state index in [1.807, 2.05) is 30.3 Å². The first-order valence-electron chi connectivity index (χ1n) is 8.34. The number of nitrogens with one attached hydrogen (secondary N) is 2. The molecule has 2 N–H and O–H groups in total. The third-order valence-corrected chi connectivity index (χ3v) is 3.92. The van der Waals surface area contributed by atoms with Crippen molar-refractivity contribution in [1.29, 1.82) is 0 Å². The Morgan fingerprint density at radius 2 is 1.88 bits per heavy atom. The van der Waals surface area contributed by atoms with Crippen molar-refractivity contribution < 1.29 is 19.1 Å². The molecule has 0 aromatic heterocycles. The lowest BCUT2D eigenvalue weighted by Gasteiger charge is -2.29. The fraction of sp³-hybridized carbons (Fsp3) is 0.556. The van der Waals surface area contributed by atoms with Gasteiger partial charge in [-0.15, -0.1) is 0 Å². The topological polar surface area (TPSA) is 76.7 Å². The third-order valence-electron chi connectivity index (χ3n) is 3.92. The highest BCUT2D eigenvalue weighted by molar-refractivity contribution is 5.73. The Labute approximate surface area is 142 Å². The maximum atomic E-state index is 12.2. The molecule has 1 aliphatic rings. The van der Waals surface area contributed by atoms with Crippen molar-refractivity contribution in [1.82, 2.24) is 10.6 Å². The predicted molar refractivity (Wildman–Crippen MR) is 90.4 cm³/mol. The molecule has 6 nitrogen and oxygen atoms in total. The molecule has 1 fully saturated rings. The summed E-state index contributed by atoms with van der Waals surface area (Å²) in [5, 5.41) is 5.87. The number of hydrogen-bond donors (Lipinski definition) is 2. The second-order valence-electron chi connectivity index (χ2n) is 6.62. The molecule has 0 aliphatic carbocycles. The molecule has 1 aromatic carbocycles. The maximum absolute atomic E-state index is 12.2. The van der Waals surface area contributed by atoms with E-state index in [4.69, 9.17) is 9.47 Å². The van der Waals surface area contributed by atoms with Crippen molar-refractivity contribution >= 4 is 12.1 Å². The zero-order valence-corrected chi connectivity index (χ0v) is 14.3. The number of esters is 1. The van der Waals surface area contributed by atoms with Crippen molar-refractivity contribution in [2.75, 3.05) is 19.6 Å². The lowest BCUT2D eigenvalue weighted by molar-refractivity contribution is -0.162. The summed E-state index contributed by atoms with van der Waals surface area (Å²) < 4.78 is 10.7. The number of hydrogen-bond acceptors (Lipinski definition) is 5. The minimum absolute atomic E-state index is 0.0597. The number of carbonyl (C=O) groups excluding carboxylic acids is 2. The Kier molecular flexibility index (Phi) is 6.61. The number of benzene rings is 1. The first-order chi connectivity index (χ1) is 11.5. The van der Waals surface area contributed by atoms with Gasteiger partial charge in [0.25, 0.3) is 0 Å². The van der Waals surface area contributed by atoms with Crippen LogP contribution in [0.1, 0.15) is 32.3 Å². The molecule has 2 rings (SSSR count). The van der Waals surface area contributed by atoms with Crippen molar-refractivity contribution in [2.45, 2.75) is 38.9 Å². The van der Waals surface area contributed by atoms with Crippen LogP contribution >= 0.6 is 0 Å². The van der Waals surface area contributed by atoms with Gasteiger partial charge < -0.3 is 20.1 Å². The molecule has 0 atom stereocenters. The molecule has 6 heteroatoms. The van der Waals surface area contributed by atoms with Gasteiger partial charge in [0, 0.05) is 0 Å². The zero-order chi connectivity index (χ0) is 17.4. The highest BCUT2D eigenvalue weighted by Crippen LogP contribution is 2.18. The summed E-state index contributed by atoms with van der Waals surface area (Å²) >= 11 is 0. The van der Waals surface area contributed by atoms with E-state index in [2.05, 4.69) is 10.6 Å². The summed E-state index contributed by atoms with van der Waals surface area (Å²) in [4.78, 5) is 23.9. The average Bonchev–Trinajstić information content (AvgIpc) is 2.59. The molecule has 1 aromatic rings. The number of ether oxygens (including phenoxy) is 2. The summed E-state index contributed by atoms with van der Waals surface area (Å²) in [6.07, 6.45) is 1.06. The number of alkyl carbamates (subject to hydrolysis) is 1. The normalized spacial score (nSPS) is 15.6. The number of piperidine rings is 1. The largest absolute Gasteiger partial charge is 0.458 e. The van der Waals surface area contributed by atoms with E-state index < -0.39 is 11.7 Å². The van der Waals surface area contributed by atoms with Gasteiger partial charge in [-0.2, -0.15) is 0 Å². The van der Waals surface area contributed by atoms with Crippen LogP contribution in [-0.4, -0.2) is 37.3 Å². The molecule has 1 amide bonds. The van der Waals surface area contributed by atoms with Crippen molar-refractivity contribution in [2.24, 2.45) is 5.92 Å². The molecule has 0 unspecified atom stereocenters. The Balaban J connectivity index is 1.70. The van der Waals surface area contributed by atoms with Crippen LogP contribution in [0.2, 0.25) is 0 Å². The highest BCUT2D eigenvalue weighted by atomic mass is 16.6. The van der Waals surface area contributed by atoms with E-state index in [-0.39, 0.29) is 25.0 Å². The molecule has 0 saturated carbocycles. The predicted octanol–water partition coefficient (Wildman–Crippen LogP) is 2.23. The fourth-order valence-corrected chi connectivity index (χ4v) is 2.51. The first-order valence-corrected chi connectivity index (χ1v) is 8.34. The minimum Gasteiger partial charge on any atom is -0.458 e. The molecule has 0 radical (unpaired) electrons. The molecule has 0 spiro atoms. The second-order valence-corrected chi connectivity index (χ2v) is 6.62. The summed E-state index contributed by atoms with van der Waals surface area (Å²) in [6, 6.07) is 9.46. The van der Waals surface area contributed by atoms with E-state index in [1.54, 1.807) is 13.8 Å². The van der Waals surface area contributed by atoms with E-state index >= 15 is 0 Å². The van der Waals surface area contributed by atoms with Crippen molar-refractivity contribution in [3.63, 3.8) is 0 Å². The van der Waals surface area contributed by atoms with Gasteiger partial charge in [-0.3, -0.25) is 4.79 Å². The van der Waals surface area contributed by atoms with Gasteiger partial charge in [-0.05, 0) is 45.3 Å². The van der Waals surface area contributed by atoms with Crippen LogP contribution in [0.15, 0.2) is 30.3 Å². The molecule has 24 heavy (non-hydrogen) atoms. The Morgan fingerprint density at radius 1 is 1.21 bits per heavy atom. The summed E-state index contributed by atoms with van der Waals surface area (Å²) in [5.41, 5.74) is 0.150. The SMILES string of the molecule is CC(C)(CNC(=O)OCc1ccccc1)OC(=O)C1CCNCC1. The number of amides is 1. The van der Waals surface area contributed by atoms with Crippen LogP contribution in [0.4, 0.5) is 4.79 Å². The third kappa shape index (κ3) is 6.20. The van der Waals surface area contributed by atoms with Gasteiger partial charge in [0.15, 0.2) is 0 Å². The van der Waals surface area contributed by atoms with Crippen LogP contribution < -0.4 is 10.6 Å². The van der Waals surface area contributed by atoms with E-state index in [1.165, 1.54) is 0 Å². The molecule has 1 heterocycles. The zero-order valence-electron chi connectivity index (χ0n) is 14.3. The van der Waals surface area contributed by atoms with Crippen LogP contribution in [0.3, 0.4) is 0 Å². The van der Waals surface area contributed by atoms with Crippen LogP contribution in [0.25, 0.3) is 0 Å². The van der Waals surface area contributed by atoms with Gasteiger partial charge in [-0.25, -0.2) is 4.79 Å². The maximum Gasteiger partial charge on any atom is 0.407 e. The van der Waals surface area contributed by atoms with Crippen LogP contribution in [0.5, 0.6) is 0 Å². The lowest BCUT2D eigenvalue weighted by Crippen LogP contribution is -2.44. The Bertz CT molecular complexity index is 539. The monoisotopic (exact) mass is 334 g/mol. The van der Waals surface area contributed by atoms with Gasteiger partial charge in [-0.1, -0.05) is 30.3 Å². The van der Waals surface area contributed by atoms with Crippen LogP contribution in [0, 0.1) is 5.92 Å². The van der Waals surface area contributed by atoms with E-state index in [0.29, 0.717) is 0 Å². The first kappa shape index (κ1) is 18.3. The summed E-state index contributed by atoms with van der Waals surface area (Å²) in [5.74, 6) is -0.253. The Morgan fingerprint density at radius 3 is 2.54 bits per heavy atom. The highest BCUT2D eigenvalue weighted by Gasteiger charge is 2.29. The van der Waals surface area contributed by atoms with Gasteiger partial charge >= 0.3 is 12.1 Å².